The van der Waals surface area contributed by atoms with Crippen LogP contribution < -0.4 is 0 Å². The number of hydrogen-bond donors (Lipinski definition) is 0. The standard InChI is InChI=1S/C21H10BrF3N2O5S/c22-15-10-26(16-7-2-1-4-11(15)16)17-9-8-14-18-12(17)5-3-6-13(18)19(28)27(20(14)29)32-33(30,31)21(23,24)25/h1-10H. The van der Waals surface area contributed by atoms with E-state index in [0.29, 0.717) is 11.1 Å². The van der Waals surface area contributed by atoms with Gasteiger partial charge in [0.2, 0.25) is 0 Å². The van der Waals surface area contributed by atoms with Crippen molar-refractivity contribution in [2.24, 2.45) is 0 Å². The minimum atomic E-state index is -6.23. The number of benzene rings is 3. The highest BCUT2D eigenvalue weighted by atomic mass is 79.9. The van der Waals surface area contributed by atoms with Gasteiger partial charge in [-0.1, -0.05) is 30.3 Å². The van der Waals surface area contributed by atoms with E-state index in [9.17, 15) is 31.2 Å². The highest BCUT2D eigenvalue weighted by molar-refractivity contribution is 9.10. The van der Waals surface area contributed by atoms with Gasteiger partial charge in [-0.2, -0.15) is 21.6 Å². The van der Waals surface area contributed by atoms with Crippen molar-refractivity contribution < 1.29 is 35.5 Å². The van der Waals surface area contributed by atoms with Crippen LogP contribution in [0.5, 0.6) is 0 Å². The molecule has 0 bridgehead atoms. The Kier molecular flexibility index (Phi) is 4.68. The summed E-state index contributed by atoms with van der Waals surface area (Å²) in [6, 6.07) is 14.8. The van der Waals surface area contributed by atoms with Gasteiger partial charge in [-0.25, -0.2) is 0 Å². The van der Waals surface area contributed by atoms with Crippen molar-refractivity contribution in [3.63, 3.8) is 0 Å². The molecule has 3 aromatic carbocycles. The van der Waals surface area contributed by atoms with Gasteiger partial charge < -0.3 is 4.57 Å². The number of amides is 2. The van der Waals surface area contributed by atoms with E-state index in [1.165, 1.54) is 18.2 Å². The van der Waals surface area contributed by atoms with Gasteiger partial charge >= 0.3 is 15.6 Å². The van der Waals surface area contributed by atoms with Gasteiger partial charge in [0.25, 0.3) is 11.8 Å². The van der Waals surface area contributed by atoms with Crippen molar-refractivity contribution >= 4 is 59.5 Å². The van der Waals surface area contributed by atoms with Crippen LogP contribution in [-0.2, 0) is 14.4 Å². The molecule has 0 atom stereocenters. The van der Waals surface area contributed by atoms with Crippen LogP contribution in [0.3, 0.4) is 0 Å². The number of halogens is 4. The molecule has 0 radical (unpaired) electrons. The first-order valence-electron chi connectivity index (χ1n) is 9.22. The topological polar surface area (TPSA) is 85.7 Å². The highest BCUT2D eigenvalue weighted by Gasteiger charge is 2.51. The van der Waals surface area contributed by atoms with E-state index in [0.717, 1.165) is 15.4 Å². The molecular weight excluding hydrogens is 529 g/mol. The Labute approximate surface area is 192 Å². The van der Waals surface area contributed by atoms with Crippen LogP contribution in [0.25, 0.3) is 27.4 Å². The van der Waals surface area contributed by atoms with Crippen molar-refractivity contribution in [2.45, 2.75) is 5.51 Å². The zero-order chi connectivity index (χ0) is 23.7. The van der Waals surface area contributed by atoms with E-state index in [-0.39, 0.29) is 21.6 Å². The first kappa shape index (κ1) is 21.6. The van der Waals surface area contributed by atoms with Crippen LogP contribution in [0.15, 0.2) is 65.3 Å². The summed E-state index contributed by atoms with van der Waals surface area (Å²) in [6.45, 7) is 0. The van der Waals surface area contributed by atoms with Crippen molar-refractivity contribution in [3.8, 4) is 5.69 Å². The van der Waals surface area contributed by atoms with Crippen LogP contribution >= 0.6 is 15.9 Å². The number of nitrogens with zero attached hydrogens (tertiary/aromatic N) is 2. The third kappa shape index (κ3) is 3.16. The number of alkyl halides is 3. The molecule has 168 valence electrons. The van der Waals surface area contributed by atoms with Crippen molar-refractivity contribution in [2.75, 3.05) is 0 Å². The molecule has 2 amide bonds. The maximum atomic E-state index is 12.8. The molecule has 4 aromatic rings. The van der Waals surface area contributed by atoms with Crippen LogP contribution in [0.2, 0.25) is 0 Å². The molecular formula is C21H10BrF3N2O5S. The van der Waals surface area contributed by atoms with Crippen LogP contribution in [0.1, 0.15) is 20.7 Å². The molecule has 0 fully saturated rings. The summed E-state index contributed by atoms with van der Waals surface area (Å²) >= 11 is 3.50. The number of imide groups is 1. The lowest BCUT2D eigenvalue weighted by atomic mass is 9.94. The van der Waals surface area contributed by atoms with E-state index < -0.39 is 27.4 Å². The van der Waals surface area contributed by atoms with E-state index in [2.05, 4.69) is 20.2 Å². The Bertz CT molecular complexity index is 1590. The summed E-state index contributed by atoms with van der Waals surface area (Å²) in [5.41, 5.74) is -4.71. The minimum absolute atomic E-state index is 0.170. The molecule has 0 saturated carbocycles. The summed E-state index contributed by atoms with van der Waals surface area (Å²) in [7, 11) is -6.23. The molecule has 0 saturated heterocycles. The molecule has 2 heterocycles. The van der Waals surface area contributed by atoms with E-state index in [1.807, 2.05) is 35.0 Å². The first-order valence-corrected chi connectivity index (χ1v) is 11.4. The number of para-hydroxylation sites is 1. The second kappa shape index (κ2) is 7.14. The molecule has 12 heteroatoms. The fraction of sp³-hybridized carbons (Fsp3) is 0.0476. The molecule has 1 aromatic heterocycles. The Morgan fingerprint density at radius 1 is 0.848 bits per heavy atom. The monoisotopic (exact) mass is 538 g/mol. The summed E-state index contributed by atoms with van der Waals surface area (Å²) in [6.07, 6.45) is 1.81. The molecule has 0 aliphatic carbocycles. The van der Waals surface area contributed by atoms with Crippen LogP contribution in [0, 0.1) is 0 Å². The first-order chi connectivity index (χ1) is 15.5. The fourth-order valence-electron chi connectivity index (χ4n) is 3.81. The predicted octanol–water partition coefficient (Wildman–Crippen LogP) is 4.92. The third-order valence-corrected chi connectivity index (χ3v) is 6.77. The molecule has 1 aliphatic heterocycles. The van der Waals surface area contributed by atoms with Crippen molar-refractivity contribution in [1.82, 2.24) is 9.63 Å². The fourth-order valence-corrected chi connectivity index (χ4v) is 4.77. The lowest BCUT2D eigenvalue weighted by Crippen LogP contribution is -2.44. The quantitative estimate of drug-likeness (QED) is 0.273. The maximum absolute atomic E-state index is 12.8. The number of hydroxylamine groups is 2. The Balaban J connectivity index is 1.71. The number of rotatable bonds is 3. The normalized spacial score (nSPS) is 14.5. The SMILES string of the molecule is O=C1c2cccc3c(-n4cc(Br)c5ccccc54)ccc(c23)C(=O)N1OS(=O)(=O)C(F)(F)F. The van der Waals surface area contributed by atoms with Gasteiger partial charge in [-0.3, -0.25) is 9.59 Å². The van der Waals surface area contributed by atoms with E-state index in [4.69, 9.17) is 0 Å². The van der Waals surface area contributed by atoms with Gasteiger partial charge in [0.1, 0.15) is 0 Å². The van der Waals surface area contributed by atoms with Crippen molar-refractivity contribution in [1.29, 1.82) is 0 Å². The average molecular weight is 539 g/mol. The predicted molar refractivity (Wildman–Crippen MR) is 115 cm³/mol. The summed E-state index contributed by atoms with van der Waals surface area (Å²) in [4.78, 5) is 25.6. The van der Waals surface area contributed by atoms with Gasteiger partial charge in [-0.05, 0) is 40.2 Å². The average Bonchev–Trinajstić information content (AvgIpc) is 3.10. The number of fused-ring (bicyclic) bond motifs is 1. The third-order valence-electron chi connectivity index (χ3n) is 5.23. The number of carbonyl (C=O) groups excluding carboxylic acids is 2. The van der Waals surface area contributed by atoms with Crippen LogP contribution in [-0.4, -0.2) is 35.4 Å². The maximum Gasteiger partial charge on any atom is 0.525 e. The Hall–Kier alpha value is -3.22. The smallest absolute Gasteiger partial charge is 0.315 e. The van der Waals surface area contributed by atoms with Gasteiger partial charge in [0.05, 0.1) is 22.3 Å². The molecule has 0 spiro atoms. The van der Waals surface area contributed by atoms with Crippen LogP contribution in [0.4, 0.5) is 13.2 Å². The van der Waals surface area contributed by atoms with Gasteiger partial charge in [-0.15, -0.1) is 9.35 Å². The van der Waals surface area contributed by atoms with E-state index >= 15 is 0 Å². The second-order valence-electron chi connectivity index (χ2n) is 7.10. The van der Waals surface area contributed by atoms with E-state index in [1.54, 1.807) is 12.1 Å². The summed E-state index contributed by atoms with van der Waals surface area (Å²) in [5.74, 6) is -2.64. The molecule has 0 N–H and O–H groups in total. The highest BCUT2D eigenvalue weighted by Crippen LogP contribution is 2.37. The summed E-state index contributed by atoms with van der Waals surface area (Å²) < 4.78 is 67.7. The lowest BCUT2D eigenvalue weighted by Gasteiger charge is -2.26. The zero-order valence-corrected chi connectivity index (χ0v) is 18.5. The second-order valence-corrected chi connectivity index (χ2v) is 9.48. The molecule has 7 nitrogen and oxygen atoms in total. The Morgan fingerprint density at radius 2 is 1.48 bits per heavy atom. The molecule has 1 aliphatic rings. The van der Waals surface area contributed by atoms with Crippen molar-refractivity contribution in [3.05, 3.63) is 76.4 Å². The number of aromatic nitrogens is 1. The molecule has 33 heavy (non-hydrogen) atoms. The zero-order valence-electron chi connectivity index (χ0n) is 16.1. The largest absolute Gasteiger partial charge is 0.525 e. The molecule has 5 rings (SSSR count). The number of hydrogen-bond acceptors (Lipinski definition) is 5. The molecule has 0 unspecified atom stereocenters. The summed E-state index contributed by atoms with van der Waals surface area (Å²) in [5, 5.41) is 1.20. The number of carbonyl (C=O) groups is 2. The van der Waals surface area contributed by atoms with Gasteiger partial charge in [0.15, 0.2) is 0 Å². The van der Waals surface area contributed by atoms with Gasteiger partial charge in [0, 0.05) is 26.8 Å². The Morgan fingerprint density at radius 3 is 2.18 bits per heavy atom. The minimum Gasteiger partial charge on any atom is -0.315 e. The lowest BCUT2D eigenvalue weighted by molar-refractivity contribution is -0.0761.